The van der Waals surface area contributed by atoms with E-state index in [1.165, 1.54) is 18.2 Å². The minimum Gasteiger partial charge on any atom is -0.339 e. The summed E-state index contributed by atoms with van der Waals surface area (Å²) in [6.07, 6.45) is 1.71. The third-order valence-corrected chi connectivity index (χ3v) is 2.99. The van der Waals surface area contributed by atoms with Gasteiger partial charge in [-0.25, -0.2) is 14.4 Å². The van der Waals surface area contributed by atoms with E-state index >= 15 is 0 Å². The third kappa shape index (κ3) is 3.52. The van der Waals surface area contributed by atoms with Gasteiger partial charge in [0.05, 0.1) is 11.3 Å². The van der Waals surface area contributed by atoms with Crippen molar-refractivity contribution in [1.82, 2.24) is 9.97 Å². The van der Waals surface area contributed by atoms with E-state index in [4.69, 9.17) is 5.26 Å². The Hall–Kier alpha value is -2.00. The quantitative estimate of drug-likeness (QED) is 0.860. The standard InChI is InChI=1S/C14H12BrFN4/c1-2-3-13-19-12(15)7-14(20-13)18-11-5-4-10(16)6-9(11)8-17/h4-7H,2-3H2,1H3,(H,18,19,20). The molecule has 0 unspecified atom stereocenters. The molecule has 1 N–H and O–H groups in total. The van der Waals surface area contributed by atoms with Crippen LogP contribution in [0.25, 0.3) is 0 Å². The Morgan fingerprint density at radius 2 is 2.15 bits per heavy atom. The van der Waals surface area contributed by atoms with E-state index in [0.717, 1.165) is 12.8 Å². The molecule has 6 heteroatoms. The molecule has 0 amide bonds. The van der Waals surface area contributed by atoms with Crippen molar-refractivity contribution in [1.29, 1.82) is 5.26 Å². The highest BCUT2D eigenvalue weighted by Crippen LogP contribution is 2.22. The molecule has 0 fully saturated rings. The molecular weight excluding hydrogens is 323 g/mol. The first-order chi connectivity index (χ1) is 9.62. The normalized spacial score (nSPS) is 10.1. The van der Waals surface area contributed by atoms with Crippen LogP contribution >= 0.6 is 15.9 Å². The molecule has 0 atom stereocenters. The first-order valence-corrected chi connectivity index (χ1v) is 6.92. The number of anilines is 2. The maximum absolute atomic E-state index is 13.1. The molecule has 0 radical (unpaired) electrons. The Morgan fingerprint density at radius 3 is 2.85 bits per heavy atom. The van der Waals surface area contributed by atoms with Crippen LogP contribution in [0.15, 0.2) is 28.9 Å². The first kappa shape index (κ1) is 14.4. The van der Waals surface area contributed by atoms with E-state index in [1.54, 1.807) is 6.07 Å². The Balaban J connectivity index is 2.32. The van der Waals surface area contributed by atoms with Crippen LogP contribution in [0, 0.1) is 17.1 Å². The predicted molar refractivity (Wildman–Crippen MR) is 78.1 cm³/mol. The molecule has 0 aliphatic heterocycles. The maximum atomic E-state index is 13.1. The topological polar surface area (TPSA) is 61.6 Å². The number of nitrogens with zero attached hydrogens (tertiary/aromatic N) is 3. The summed E-state index contributed by atoms with van der Waals surface area (Å²) in [5.74, 6) is 0.839. The van der Waals surface area contributed by atoms with Crippen molar-refractivity contribution >= 4 is 27.4 Å². The summed E-state index contributed by atoms with van der Waals surface area (Å²) >= 11 is 3.33. The number of hydrogen-bond acceptors (Lipinski definition) is 4. The highest BCUT2D eigenvalue weighted by Gasteiger charge is 2.07. The number of hydrogen-bond donors (Lipinski definition) is 1. The first-order valence-electron chi connectivity index (χ1n) is 6.12. The molecule has 1 heterocycles. The lowest BCUT2D eigenvalue weighted by Crippen LogP contribution is -2.02. The SMILES string of the molecule is CCCc1nc(Br)cc(Nc2ccc(F)cc2C#N)n1. The molecule has 1 aromatic heterocycles. The van der Waals surface area contributed by atoms with Crippen molar-refractivity contribution in [2.24, 2.45) is 0 Å². The smallest absolute Gasteiger partial charge is 0.135 e. The minimum absolute atomic E-state index is 0.233. The van der Waals surface area contributed by atoms with Crippen LogP contribution in [-0.2, 0) is 6.42 Å². The maximum Gasteiger partial charge on any atom is 0.135 e. The number of halogens is 2. The van der Waals surface area contributed by atoms with E-state index in [2.05, 4.69) is 31.2 Å². The highest BCUT2D eigenvalue weighted by molar-refractivity contribution is 9.10. The third-order valence-electron chi connectivity index (χ3n) is 2.58. The Kier molecular flexibility index (Phi) is 4.64. The number of aromatic nitrogens is 2. The number of benzene rings is 1. The van der Waals surface area contributed by atoms with Gasteiger partial charge in [0, 0.05) is 12.5 Å². The number of nitriles is 1. The van der Waals surface area contributed by atoms with Crippen molar-refractivity contribution in [3.8, 4) is 6.07 Å². The van der Waals surface area contributed by atoms with Gasteiger partial charge in [0.1, 0.15) is 28.1 Å². The lowest BCUT2D eigenvalue weighted by atomic mass is 10.2. The zero-order valence-corrected chi connectivity index (χ0v) is 12.4. The summed E-state index contributed by atoms with van der Waals surface area (Å²) in [5, 5.41) is 12.0. The molecule has 0 bridgehead atoms. The summed E-state index contributed by atoms with van der Waals surface area (Å²) in [6, 6.07) is 7.67. The van der Waals surface area contributed by atoms with Crippen molar-refractivity contribution in [3.63, 3.8) is 0 Å². The predicted octanol–water partition coefficient (Wildman–Crippen LogP) is 3.95. The van der Waals surface area contributed by atoms with E-state index in [0.29, 0.717) is 21.9 Å². The minimum atomic E-state index is -0.442. The van der Waals surface area contributed by atoms with E-state index in [9.17, 15) is 4.39 Å². The summed E-state index contributed by atoms with van der Waals surface area (Å²) in [6.45, 7) is 2.05. The van der Waals surface area contributed by atoms with Gasteiger partial charge < -0.3 is 5.32 Å². The van der Waals surface area contributed by atoms with Crippen LogP contribution in [0.4, 0.5) is 15.9 Å². The second-order valence-electron chi connectivity index (χ2n) is 4.17. The van der Waals surface area contributed by atoms with E-state index in [1.807, 2.05) is 13.0 Å². The van der Waals surface area contributed by atoms with Crippen molar-refractivity contribution in [3.05, 3.63) is 46.1 Å². The summed E-state index contributed by atoms with van der Waals surface area (Å²) in [5.41, 5.74) is 0.749. The van der Waals surface area contributed by atoms with E-state index < -0.39 is 5.82 Å². The van der Waals surface area contributed by atoms with Gasteiger partial charge in [-0.2, -0.15) is 5.26 Å². The fourth-order valence-corrected chi connectivity index (χ4v) is 2.14. The molecular formula is C14H12BrFN4. The molecule has 0 saturated carbocycles. The molecule has 2 aromatic rings. The van der Waals surface area contributed by atoms with Crippen LogP contribution in [0.2, 0.25) is 0 Å². The van der Waals surface area contributed by atoms with Gasteiger partial charge in [-0.3, -0.25) is 0 Å². The van der Waals surface area contributed by atoms with Gasteiger partial charge in [0.15, 0.2) is 0 Å². The van der Waals surface area contributed by atoms with Crippen molar-refractivity contribution < 1.29 is 4.39 Å². The molecule has 1 aromatic carbocycles. The molecule has 2 rings (SSSR count). The van der Waals surface area contributed by atoms with Crippen LogP contribution in [0.3, 0.4) is 0 Å². The number of aryl methyl sites for hydroxylation is 1. The van der Waals surface area contributed by atoms with Crippen LogP contribution in [0.1, 0.15) is 24.7 Å². The molecule has 0 saturated heterocycles. The summed E-state index contributed by atoms with van der Waals surface area (Å²) < 4.78 is 13.8. The summed E-state index contributed by atoms with van der Waals surface area (Å²) in [4.78, 5) is 8.62. The van der Waals surface area contributed by atoms with Crippen molar-refractivity contribution in [2.45, 2.75) is 19.8 Å². The van der Waals surface area contributed by atoms with E-state index in [-0.39, 0.29) is 5.56 Å². The monoisotopic (exact) mass is 334 g/mol. The van der Waals surface area contributed by atoms with Crippen molar-refractivity contribution in [2.75, 3.05) is 5.32 Å². The van der Waals surface area contributed by atoms with Crippen LogP contribution in [-0.4, -0.2) is 9.97 Å². The Morgan fingerprint density at radius 1 is 1.35 bits per heavy atom. The average Bonchev–Trinajstić information content (AvgIpc) is 2.40. The average molecular weight is 335 g/mol. The van der Waals surface area contributed by atoms with Gasteiger partial charge in [0.25, 0.3) is 0 Å². The van der Waals surface area contributed by atoms with Gasteiger partial charge in [-0.15, -0.1) is 0 Å². The molecule has 0 aliphatic rings. The van der Waals surface area contributed by atoms with Crippen LogP contribution in [0.5, 0.6) is 0 Å². The molecule has 102 valence electrons. The van der Waals surface area contributed by atoms with Gasteiger partial charge in [-0.1, -0.05) is 6.92 Å². The number of nitrogens with one attached hydrogen (secondary N) is 1. The highest BCUT2D eigenvalue weighted by atomic mass is 79.9. The Labute approximate surface area is 124 Å². The van der Waals surface area contributed by atoms with Gasteiger partial charge in [-0.05, 0) is 40.5 Å². The van der Waals surface area contributed by atoms with Gasteiger partial charge in [0.2, 0.25) is 0 Å². The molecule has 0 aliphatic carbocycles. The Bertz CT molecular complexity index is 667. The molecule has 0 spiro atoms. The summed E-state index contributed by atoms with van der Waals surface area (Å²) in [7, 11) is 0. The fourth-order valence-electron chi connectivity index (χ4n) is 1.72. The van der Waals surface area contributed by atoms with Crippen LogP contribution < -0.4 is 5.32 Å². The molecule has 20 heavy (non-hydrogen) atoms. The molecule has 4 nitrogen and oxygen atoms in total. The second kappa shape index (κ2) is 6.44. The fraction of sp³-hybridized carbons (Fsp3) is 0.214. The zero-order chi connectivity index (χ0) is 14.5. The lowest BCUT2D eigenvalue weighted by Gasteiger charge is -2.09. The lowest BCUT2D eigenvalue weighted by molar-refractivity contribution is 0.627. The second-order valence-corrected chi connectivity index (χ2v) is 4.98. The number of rotatable bonds is 4. The largest absolute Gasteiger partial charge is 0.339 e. The zero-order valence-electron chi connectivity index (χ0n) is 10.8. The van der Waals surface area contributed by atoms with Gasteiger partial charge >= 0.3 is 0 Å².